The van der Waals surface area contributed by atoms with E-state index in [1.165, 1.54) is 0 Å². The van der Waals surface area contributed by atoms with E-state index in [-0.39, 0.29) is 17.7 Å². The molecule has 1 aromatic rings. The molecule has 126 valence electrons. The molecule has 1 heterocycles. The van der Waals surface area contributed by atoms with Crippen molar-refractivity contribution in [2.45, 2.75) is 26.2 Å². The van der Waals surface area contributed by atoms with Crippen LogP contribution in [0, 0.1) is 5.92 Å². The Morgan fingerprint density at radius 1 is 1.35 bits per heavy atom. The molecule has 1 aliphatic rings. The van der Waals surface area contributed by atoms with Gasteiger partial charge in [-0.25, -0.2) is 0 Å². The largest absolute Gasteiger partial charge is 0.342 e. The number of amides is 2. The fourth-order valence-electron chi connectivity index (χ4n) is 2.93. The molecule has 5 nitrogen and oxygen atoms in total. The third-order valence-corrected chi connectivity index (χ3v) is 4.27. The SMILES string of the molecule is CCc1ccccc1NC(=O)C1CC(=O)N(CCCN(C)C)C1. The number of nitrogens with zero attached hydrogens (tertiary/aromatic N) is 2. The van der Waals surface area contributed by atoms with Crippen LogP contribution in [0.4, 0.5) is 5.69 Å². The lowest BCUT2D eigenvalue weighted by Gasteiger charge is -2.18. The second kappa shape index (κ2) is 8.11. The minimum Gasteiger partial charge on any atom is -0.342 e. The third kappa shape index (κ3) is 4.79. The fraction of sp³-hybridized carbons (Fsp3) is 0.556. The van der Waals surface area contributed by atoms with Crippen LogP contribution in [0.1, 0.15) is 25.3 Å². The molecule has 1 N–H and O–H groups in total. The normalized spacial score (nSPS) is 17.8. The molecule has 0 spiro atoms. The van der Waals surface area contributed by atoms with E-state index in [9.17, 15) is 9.59 Å². The molecule has 2 rings (SSSR count). The molecule has 1 saturated heterocycles. The zero-order chi connectivity index (χ0) is 16.8. The average Bonchev–Trinajstić information content (AvgIpc) is 2.89. The average molecular weight is 317 g/mol. The number of aryl methyl sites for hydroxylation is 1. The first-order valence-electron chi connectivity index (χ1n) is 8.32. The second-order valence-electron chi connectivity index (χ2n) is 6.40. The van der Waals surface area contributed by atoms with Gasteiger partial charge in [0.1, 0.15) is 0 Å². The van der Waals surface area contributed by atoms with Gasteiger partial charge in [-0.15, -0.1) is 0 Å². The lowest BCUT2D eigenvalue weighted by molar-refractivity contribution is -0.128. The first kappa shape index (κ1) is 17.5. The van der Waals surface area contributed by atoms with Gasteiger partial charge in [-0.05, 0) is 45.1 Å². The molecule has 1 atom stereocenters. The van der Waals surface area contributed by atoms with E-state index in [2.05, 4.69) is 17.1 Å². The van der Waals surface area contributed by atoms with E-state index in [4.69, 9.17) is 0 Å². The molecule has 2 amide bonds. The maximum Gasteiger partial charge on any atom is 0.229 e. The summed E-state index contributed by atoms with van der Waals surface area (Å²) in [5.41, 5.74) is 1.98. The van der Waals surface area contributed by atoms with E-state index in [1.54, 1.807) is 0 Å². The first-order valence-corrected chi connectivity index (χ1v) is 8.32. The van der Waals surface area contributed by atoms with Gasteiger partial charge < -0.3 is 15.1 Å². The van der Waals surface area contributed by atoms with Gasteiger partial charge in [0.2, 0.25) is 11.8 Å². The van der Waals surface area contributed by atoms with Crippen LogP contribution in [-0.4, -0.2) is 55.3 Å². The summed E-state index contributed by atoms with van der Waals surface area (Å²) in [5.74, 6) is -0.200. The Bertz CT molecular complexity index is 557. The number of carbonyl (C=O) groups is 2. The van der Waals surface area contributed by atoms with E-state index in [0.29, 0.717) is 13.0 Å². The summed E-state index contributed by atoms with van der Waals surface area (Å²) in [6.45, 7) is 4.28. The van der Waals surface area contributed by atoms with Gasteiger partial charge in [0, 0.05) is 25.2 Å². The maximum absolute atomic E-state index is 12.5. The molecule has 1 aromatic carbocycles. The molecule has 1 unspecified atom stereocenters. The van der Waals surface area contributed by atoms with Crippen LogP contribution in [0.25, 0.3) is 0 Å². The maximum atomic E-state index is 12.5. The second-order valence-corrected chi connectivity index (χ2v) is 6.40. The third-order valence-electron chi connectivity index (χ3n) is 4.27. The van der Waals surface area contributed by atoms with Crippen molar-refractivity contribution in [1.82, 2.24) is 9.80 Å². The van der Waals surface area contributed by atoms with Crippen molar-refractivity contribution in [1.29, 1.82) is 0 Å². The monoisotopic (exact) mass is 317 g/mol. The van der Waals surface area contributed by atoms with E-state index in [0.717, 1.165) is 37.2 Å². The molecule has 1 fully saturated rings. The fourth-order valence-corrected chi connectivity index (χ4v) is 2.93. The number of benzene rings is 1. The van der Waals surface area contributed by atoms with Crippen molar-refractivity contribution < 1.29 is 9.59 Å². The van der Waals surface area contributed by atoms with E-state index >= 15 is 0 Å². The van der Waals surface area contributed by atoms with Gasteiger partial charge in [-0.1, -0.05) is 25.1 Å². The lowest BCUT2D eigenvalue weighted by atomic mass is 10.1. The van der Waals surface area contributed by atoms with E-state index in [1.807, 2.05) is 43.3 Å². The Morgan fingerprint density at radius 3 is 2.78 bits per heavy atom. The molecule has 1 aliphatic heterocycles. The van der Waals surface area contributed by atoms with Gasteiger partial charge in [0.25, 0.3) is 0 Å². The zero-order valence-electron chi connectivity index (χ0n) is 14.3. The van der Waals surface area contributed by atoms with Crippen LogP contribution < -0.4 is 5.32 Å². The number of rotatable bonds is 7. The molecule has 0 saturated carbocycles. The highest BCUT2D eigenvalue weighted by molar-refractivity contribution is 5.97. The summed E-state index contributed by atoms with van der Waals surface area (Å²) >= 11 is 0. The number of hydrogen-bond acceptors (Lipinski definition) is 3. The molecule has 5 heteroatoms. The molecular formula is C18H27N3O2. The van der Waals surface area contributed by atoms with Crippen LogP contribution in [0.5, 0.6) is 0 Å². The summed E-state index contributed by atoms with van der Waals surface area (Å²) in [5, 5.41) is 2.99. The molecule has 0 aromatic heterocycles. The highest BCUT2D eigenvalue weighted by Gasteiger charge is 2.34. The minimum absolute atomic E-state index is 0.0469. The quantitative estimate of drug-likeness (QED) is 0.837. The molecular weight excluding hydrogens is 290 g/mol. The van der Waals surface area contributed by atoms with Crippen molar-refractivity contribution in [3.05, 3.63) is 29.8 Å². The first-order chi connectivity index (χ1) is 11.0. The predicted octanol–water partition coefficient (Wildman–Crippen LogP) is 1.99. The van der Waals surface area contributed by atoms with Crippen LogP contribution in [0.2, 0.25) is 0 Å². The Balaban J connectivity index is 1.90. The van der Waals surface area contributed by atoms with Crippen molar-refractivity contribution >= 4 is 17.5 Å². The summed E-state index contributed by atoms with van der Waals surface area (Å²) < 4.78 is 0. The standard InChI is InChI=1S/C18H27N3O2/c1-4-14-8-5-6-9-16(14)19-18(23)15-12-17(22)21(13-15)11-7-10-20(2)3/h5-6,8-9,15H,4,7,10-13H2,1-3H3,(H,19,23). The van der Waals surface area contributed by atoms with Crippen molar-refractivity contribution in [2.24, 2.45) is 5.92 Å². The molecule has 0 radical (unpaired) electrons. The van der Waals surface area contributed by atoms with E-state index < -0.39 is 0 Å². The number of para-hydroxylation sites is 1. The lowest BCUT2D eigenvalue weighted by Crippen LogP contribution is -2.30. The van der Waals surface area contributed by atoms with Gasteiger partial charge in [-0.2, -0.15) is 0 Å². The molecule has 0 aliphatic carbocycles. The van der Waals surface area contributed by atoms with Crippen molar-refractivity contribution in [3.63, 3.8) is 0 Å². The van der Waals surface area contributed by atoms with Gasteiger partial charge in [0.05, 0.1) is 5.92 Å². The smallest absolute Gasteiger partial charge is 0.229 e. The Kier molecular flexibility index (Phi) is 6.16. The highest BCUT2D eigenvalue weighted by Crippen LogP contribution is 2.22. The summed E-state index contributed by atoms with van der Waals surface area (Å²) in [7, 11) is 4.04. The van der Waals surface area contributed by atoms with Crippen molar-refractivity contribution in [2.75, 3.05) is 39.0 Å². The number of anilines is 1. The minimum atomic E-state index is -0.244. The summed E-state index contributed by atoms with van der Waals surface area (Å²) in [4.78, 5) is 28.5. The van der Waals surface area contributed by atoms with Gasteiger partial charge in [0.15, 0.2) is 0 Å². The van der Waals surface area contributed by atoms with Gasteiger partial charge in [-0.3, -0.25) is 9.59 Å². The number of nitrogens with one attached hydrogen (secondary N) is 1. The van der Waals surface area contributed by atoms with Crippen LogP contribution in [0.15, 0.2) is 24.3 Å². The number of carbonyl (C=O) groups excluding carboxylic acids is 2. The van der Waals surface area contributed by atoms with Crippen LogP contribution in [-0.2, 0) is 16.0 Å². The number of hydrogen-bond donors (Lipinski definition) is 1. The topological polar surface area (TPSA) is 52.7 Å². The highest BCUT2D eigenvalue weighted by atomic mass is 16.2. The Hall–Kier alpha value is -1.88. The molecule has 0 bridgehead atoms. The Labute approximate surface area is 138 Å². The summed E-state index contributed by atoms with van der Waals surface area (Å²) in [6, 6.07) is 7.83. The predicted molar refractivity (Wildman–Crippen MR) is 92.3 cm³/mol. The molecule has 23 heavy (non-hydrogen) atoms. The van der Waals surface area contributed by atoms with Crippen LogP contribution in [0.3, 0.4) is 0 Å². The number of likely N-dealkylation sites (tertiary alicyclic amines) is 1. The summed E-state index contributed by atoms with van der Waals surface area (Å²) in [6.07, 6.45) is 2.13. The van der Waals surface area contributed by atoms with Crippen LogP contribution >= 0.6 is 0 Å². The van der Waals surface area contributed by atoms with Crippen molar-refractivity contribution in [3.8, 4) is 0 Å². The zero-order valence-corrected chi connectivity index (χ0v) is 14.3. The van der Waals surface area contributed by atoms with Gasteiger partial charge >= 0.3 is 0 Å². The Morgan fingerprint density at radius 2 is 2.09 bits per heavy atom.